The first-order valence-corrected chi connectivity index (χ1v) is 7.99. The number of likely N-dealkylation sites (tertiary alicyclic amines) is 1. The Morgan fingerprint density at radius 3 is 2.59 bits per heavy atom. The second-order valence-electron chi connectivity index (χ2n) is 5.86. The smallest absolute Gasteiger partial charge is 0.222 e. The molecule has 1 N–H and O–H groups in total. The minimum Gasteiger partial charge on any atom is -0.352 e. The molecule has 5 heteroatoms. The van der Waals surface area contributed by atoms with Gasteiger partial charge in [0.1, 0.15) is 0 Å². The minimum atomic E-state index is 0.318. The number of nitrogens with one attached hydrogen (secondary N) is 1. The molecule has 1 fully saturated rings. The number of pyridine rings is 1. The van der Waals surface area contributed by atoms with E-state index in [1.807, 2.05) is 37.8 Å². The minimum absolute atomic E-state index is 0.318. The number of anilines is 1. The van der Waals surface area contributed by atoms with Gasteiger partial charge in [-0.15, -0.1) is 0 Å². The summed E-state index contributed by atoms with van der Waals surface area (Å²) in [6.45, 7) is 5.09. The Kier molecular flexibility index (Phi) is 4.96. The number of rotatable bonds is 5. The van der Waals surface area contributed by atoms with E-state index in [9.17, 15) is 0 Å². The first-order chi connectivity index (χ1) is 10.8. The van der Waals surface area contributed by atoms with E-state index in [1.165, 1.54) is 24.8 Å². The van der Waals surface area contributed by atoms with Crippen LogP contribution in [0, 0.1) is 6.92 Å². The molecule has 3 heterocycles. The molecule has 2 aromatic rings. The number of piperidine rings is 1. The summed E-state index contributed by atoms with van der Waals surface area (Å²) in [7, 11) is 0. The summed E-state index contributed by atoms with van der Waals surface area (Å²) >= 11 is 0. The first kappa shape index (κ1) is 14.9. The summed E-state index contributed by atoms with van der Waals surface area (Å²) in [6.07, 6.45) is 11.4. The Hall–Kier alpha value is -2.01. The van der Waals surface area contributed by atoms with Crippen molar-refractivity contribution in [1.82, 2.24) is 19.9 Å². The molecule has 0 amide bonds. The van der Waals surface area contributed by atoms with Crippen LogP contribution in [0.25, 0.3) is 0 Å². The molecule has 0 aliphatic carbocycles. The summed E-state index contributed by atoms with van der Waals surface area (Å²) in [4.78, 5) is 15.5. The van der Waals surface area contributed by atoms with Gasteiger partial charge in [-0.3, -0.25) is 9.88 Å². The van der Waals surface area contributed by atoms with Crippen molar-refractivity contribution in [2.24, 2.45) is 0 Å². The fraction of sp³-hybridized carbons (Fsp3) is 0.471. The Bertz CT molecular complexity index is 563. The fourth-order valence-corrected chi connectivity index (χ4v) is 2.93. The zero-order chi connectivity index (χ0) is 15.2. The topological polar surface area (TPSA) is 53.9 Å². The molecule has 0 bridgehead atoms. The average Bonchev–Trinajstić information content (AvgIpc) is 2.59. The van der Waals surface area contributed by atoms with E-state index < -0.39 is 0 Å². The van der Waals surface area contributed by atoms with Crippen LogP contribution in [0.4, 0.5) is 5.95 Å². The summed E-state index contributed by atoms with van der Waals surface area (Å²) in [5.41, 5.74) is 2.33. The third-order valence-electron chi connectivity index (χ3n) is 4.14. The Morgan fingerprint density at radius 2 is 1.91 bits per heavy atom. The van der Waals surface area contributed by atoms with Crippen LogP contribution in [0.2, 0.25) is 0 Å². The molecule has 5 nitrogen and oxygen atoms in total. The van der Waals surface area contributed by atoms with Gasteiger partial charge in [0.25, 0.3) is 0 Å². The molecule has 1 atom stereocenters. The summed E-state index contributed by atoms with van der Waals surface area (Å²) < 4.78 is 0. The number of nitrogens with zero attached hydrogens (tertiary/aromatic N) is 4. The standard InChI is InChI=1S/C17H23N5/c1-14-10-19-17(20-11-14)21-13-16(15-6-5-7-18-12-15)22-8-3-2-4-9-22/h5-7,10-12,16H,2-4,8-9,13H2,1H3,(H,19,20,21). The van der Waals surface area contributed by atoms with Gasteiger partial charge in [0.15, 0.2) is 0 Å². The molecule has 1 saturated heterocycles. The highest BCUT2D eigenvalue weighted by Crippen LogP contribution is 2.24. The molecule has 0 saturated carbocycles. The van der Waals surface area contributed by atoms with Crippen LogP contribution in [0.5, 0.6) is 0 Å². The fourth-order valence-electron chi connectivity index (χ4n) is 2.93. The SMILES string of the molecule is Cc1cnc(NCC(c2cccnc2)N2CCCCC2)nc1. The van der Waals surface area contributed by atoms with Crippen molar-refractivity contribution in [3.8, 4) is 0 Å². The molecule has 0 aromatic carbocycles. The van der Waals surface area contributed by atoms with Crippen LogP contribution in [0.3, 0.4) is 0 Å². The van der Waals surface area contributed by atoms with Crippen molar-refractivity contribution >= 4 is 5.95 Å². The molecular formula is C17H23N5. The highest BCUT2D eigenvalue weighted by atomic mass is 15.2. The maximum absolute atomic E-state index is 4.33. The number of hydrogen-bond acceptors (Lipinski definition) is 5. The van der Waals surface area contributed by atoms with Crippen molar-refractivity contribution in [2.75, 3.05) is 25.0 Å². The van der Waals surface area contributed by atoms with Crippen molar-refractivity contribution in [3.63, 3.8) is 0 Å². The van der Waals surface area contributed by atoms with Crippen LogP contribution in [-0.4, -0.2) is 39.5 Å². The van der Waals surface area contributed by atoms with E-state index in [-0.39, 0.29) is 0 Å². The Labute approximate surface area is 131 Å². The van der Waals surface area contributed by atoms with Gasteiger partial charge in [0.2, 0.25) is 5.95 Å². The van der Waals surface area contributed by atoms with Crippen molar-refractivity contribution in [3.05, 3.63) is 48.0 Å². The summed E-state index contributed by atoms with van der Waals surface area (Å²) in [5.74, 6) is 0.691. The summed E-state index contributed by atoms with van der Waals surface area (Å²) in [5, 5.41) is 3.38. The van der Waals surface area contributed by atoms with E-state index in [1.54, 1.807) is 0 Å². The molecule has 116 valence electrons. The highest BCUT2D eigenvalue weighted by Gasteiger charge is 2.22. The predicted octanol–water partition coefficient (Wildman–Crippen LogP) is 2.82. The molecule has 3 rings (SSSR count). The van der Waals surface area contributed by atoms with Gasteiger partial charge in [-0.2, -0.15) is 0 Å². The van der Waals surface area contributed by atoms with Gasteiger partial charge in [-0.05, 0) is 50.0 Å². The zero-order valence-electron chi connectivity index (χ0n) is 13.1. The average molecular weight is 297 g/mol. The molecule has 1 unspecified atom stereocenters. The molecule has 0 spiro atoms. The second-order valence-corrected chi connectivity index (χ2v) is 5.86. The van der Waals surface area contributed by atoms with Gasteiger partial charge in [0, 0.05) is 31.3 Å². The van der Waals surface area contributed by atoms with E-state index in [4.69, 9.17) is 0 Å². The van der Waals surface area contributed by atoms with Crippen LogP contribution in [-0.2, 0) is 0 Å². The van der Waals surface area contributed by atoms with Gasteiger partial charge in [-0.25, -0.2) is 9.97 Å². The van der Waals surface area contributed by atoms with E-state index in [0.29, 0.717) is 12.0 Å². The largest absolute Gasteiger partial charge is 0.352 e. The van der Waals surface area contributed by atoms with Gasteiger partial charge in [0.05, 0.1) is 6.04 Å². The molecule has 2 aromatic heterocycles. The quantitative estimate of drug-likeness (QED) is 0.919. The monoisotopic (exact) mass is 297 g/mol. The summed E-state index contributed by atoms with van der Waals surface area (Å²) in [6, 6.07) is 4.48. The normalized spacial score (nSPS) is 17.1. The second kappa shape index (κ2) is 7.31. The number of aromatic nitrogens is 3. The molecular weight excluding hydrogens is 274 g/mol. The Morgan fingerprint density at radius 1 is 1.14 bits per heavy atom. The molecule has 1 aliphatic rings. The maximum Gasteiger partial charge on any atom is 0.222 e. The van der Waals surface area contributed by atoms with Gasteiger partial charge < -0.3 is 5.32 Å². The molecule has 22 heavy (non-hydrogen) atoms. The van der Waals surface area contributed by atoms with E-state index in [2.05, 4.69) is 31.2 Å². The number of aryl methyl sites for hydroxylation is 1. The van der Waals surface area contributed by atoms with Crippen LogP contribution < -0.4 is 5.32 Å². The van der Waals surface area contributed by atoms with Crippen LogP contribution in [0.15, 0.2) is 36.9 Å². The third kappa shape index (κ3) is 3.80. The third-order valence-corrected chi connectivity index (χ3v) is 4.14. The lowest BCUT2D eigenvalue weighted by atomic mass is 10.0. The molecule has 0 radical (unpaired) electrons. The van der Waals surface area contributed by atoms with Crippen LogP contribution >= 0.6 is 0 Å². The van der Waals surface area contributed by atoms with E-state index >= 15 is 0 Å². The van der Waals surface area contributed by atoms with Crippen LogP contribution in [0.1, 0.15) is 36.4 Å². The lowest BCUT2D eigenvalue weighted by Gasteiger charge is -2.34. The first-order valence-electron chi connectivity index (χ1n) is 7.99. The lowest BCUT2D eigenvalue weighted by molar-refractivity contribution is 0.170. The lowest BCUT2D eigenvalue weighted by Crippen LogP contribution is -2.37. The van der Waals surface area contributed by atoms with Crippen molar-refractivity contribution in [2.45, 2.75) is 32.2 Å². The zero-order valence-corrected chi connectivity index (χ0v) is 13.1. The van der Waals surface area contributed by atoms with Gasteiger partial charge >= 0.3 is 0 Å². The van der Waals surface area contributed by atoms with Crippen molar-refractivity contribution in [1.29, 1.82) is 0 Å². The van der Waals surface area contributed by atoms with E-state index in [0.717, 1.165) is 25.2 Å². The highest BCUT2D eigenvalue weighted by molar-refractivity contribution is 5.26. The van der Waals surface area contributed by atoms with Gasteiger partial charge in [-0.1, -0.05) is 12.5 Å². The van der Waals surface area contributed by atoms with Crippen molar-refractivity contribution < 1.29 is 0 Å². The maximum atomic E-state index is 4.33. The Balaban J connectivity index is 1.72. The number of hydrogen-bond donors (Lipinski definition) is 1. The predicted molar refractivity (Wildman–Crippen MR) is 87.7 cm³/mol. The molecule has 1 aliphatic heterocycles.